The van der Waals surface area contributed by atoms with E-state index >= 15 is 0 Å². The number of hydrogen-bond donors (Lipinski definition) is 0. The highest BCUT2D eigenvalue weighted by Gasteiger charge is 2.32. The van der Waals surface area contributed by atoms with Gasteiger partial charge in [-0.15, -0.1) is 0 Å². The average Bonchev–Trinajstić information content (AvgIpc) is 2.27. The predicted octanol–water partition coefficient (Wildman–Crippen LogP) is 1.16. The number of carbonyl (C=O) groups is 1. The van der Waals surface area contributed by atoms with Crippen LogP contribution in [0.3, 0.4) is 0 Å². The number of rotatable bonds is 3. The summed E-state index contributed by atoms with van der Waals surface area (Å²) < 4.78 is 41.2. The van der Waals surface area contributed by atoms with E-state index in [9.17, 15) is 17.6 Å². The van der Waals surface area contributed by atoms with Crippen molar-refractivity contribution in [2.24, 2.45) is 0 Å². The average molecular weight is 246 g/mol. The Morgan fingerprint density at radius 3 is 2.44 bits per heavy atom. The summed E-state index contributed by atoms with van der Waals surface area (Å²) in [6.45, 7) is 1.16. The molecule has 16 heavy (non-hydrogen) atoms. The smallest absolute Gasteiger partial charge is 0.324 e. The molecule has 1 unspecified atom stereocenters. The number of hydrogen-bond acceptors (Lipinski definition) is 4. The van der Waals surface area contributed by atoms with Gasteiger partial charge in [-0.3, -0.25) is 4.79 Å². The highest BCUT2D eigenvalue weighted by atomic mass is 32.2. The van der Waals surface area contributed by atoms with Gasteiger partial charge in [0, 0.05) is 0 Å². The van der Waals surface area contributed by atoms with Crippen LogP contribution >= 0.6 is 0 Å². The van der Waals surface area contributed by atoms with Gasteiger partial charge in [-0.25, -0.2) is 12.8 Å². The zero-order valence-electron chi connectivity index (χ0n) is 8.81. The minimum atomic E-state index is -4.03. The van der Waals surface area contributed by atoms with Crippen molar-refractivity contribution >= 4 is 15.8 Å². The van der Waals surface area contributed by atoms with Gasteiger partial charge in [0.2, 0.25) is 0 Å². The third kappa shape index (κ3) is 2.21. The Morgan fingerprint density at radius 2 is 1.94 bits per heavy atom. The van der Waals surface area contributed by atoms with Crippen LogP contribution in [0.5, 0.6) is 0 Å². The maximum Gasteiger partial charge on any atom is 0.324 e. The third-order valence-corrected chi connectivity index (χ3v) is 4.21. The van der Waals surface area contributed by atoms with Crippen molar-refractivity contribution in [2.75, 3.05) is 7.11 Å². The van der Waals surface area contributed by atoms with Crippen LogP contribution in [0.15, 0.2) is 29.2 Å². The number of ether oxygens (including phenoxy) is 1. The summed E-state index contributed by atoms with van der Waals surface area (Å²) in [4.78, 5) is 10.6. The molecule has 0 aromatic heterocycles. The van der Waals surface area contributed by atoms with Gasteiger partial charge in [0.05, 0.1) is 7.11 Å². The number of sulfone groups is 1. The van der Waals surface area contributed by atoms with E-state index in [1.807, 2.05) is 0 Å². The maximum absolute atomic E-state index is 13.3. The van der Waals surface area contributed by atoms with Gasteiger partial charge >= 0.3 is 5.97 Å². The molecule has 0 aliphatic rings. The zero-order chi connectivity index (χ0) is 12.3. The van der Waals surface area contributed by atoms with Gasteiger partial charge in [0.1, 0.15) is 10.7 Å². The quantitative estimate of drug-likeness (QED) is 0.751. The van der Waals surface area contributed by atoms with Crippen LogP contribution < -0.4 is 0 Å². The Bertz CT molecular complexity index is 495. The predicted molar refractivity (Wildman–Crippen MR) is 55.1 cm³/mol. The molecule has 1 rings (SSSR count). The number of carbonyl (C=O) groups excluding carboxylic acids is 1. The molecule has 0 fully saturated rings. The molecule has 0 heterocycles. The van der Waals surface area contributed by atoms with Crippen LogP contribution in [-0.2, 0) is 19.4 Å². The second-order valence-electron chi connectivity index (χ2n) is 3.14. The van der Waals surface area contributed by atoms with E-state index in [0.717, 1.165) is 26.2 Å². The molecule has 0 N–H and O–H groups in total. The van der Waals surface area contributed by atoms with E-state index in [0.29, 0.717) is 0 Å². The first kappa shape index (κ1) is 12.6. The molecule has 6 heteroatoms. The molecule has 1 aromatic carbocycles. The van der Waals surface area contributed by atoms with Crippen molar-refractivity contribution in [1.82, 2.24) is 0 Å². The van der Waals surface area contributed by atoms with Gasteiger partial charge in [-0.2, -0.15) is 0 Å². The Kier molecular flexibility index (Phi) is 3.64. The summed E-state index contributed by atoms with van der Waals surface area (Å²) in [5.74, 6) is -1.79. The van der Waals surface area contributed by atoms with Crippen LogP contribution in [0.1, 0.15) is 6.92 Å². The monoisotopic (exact) mass is 246 g/mol. The lowest BCUT2D eigenvalue weighted by Gasteiger charge is -2.11. The van der Waals surface area contributed by atoms with Crippen molar-refractivity contribution in [3.8, 4) is 0 Å². The molecule has 0 bridgehead atoms. The van der Waals surface area contributed by atoms with Crippen molar-refractivity contribution in [2.45, 2.75) is 17.1 Å². The molecule has 0 saturated carbocycles. The lowest BCUT2D eigenvalue weighted by Crippen LogP contribution is -2.29. The summed E-state index contributed by atoms with van der Waals surface area (Å²) in [6, 6.07) is 4.90. The van der Waals surface area contributed by atoms with E-state index < -0.39 is 31.8 Å². The first-order valence-corrected chi connectivity index (χ1v) is 6.02. The normalized spacial score (nSPS) is 13.2. The van der Waals surface area contributed by atoms with Crippen molar-refractivity contribution < 1.29 is 22.3 Å². The van der Waals surface area contributed by atoms with E-state index in [1.54, 1.807) is 0 Å². The van der Waals surface area contributed by atoms with Crippen LogP contribution in [0, 0.1) is 5.82 Å². The molecule has 0 radical (unpaired) electrons. The summed E-state index contributed by atoms with van der Waals surface area (Å²) in [5, 5.41) is -1.42. The van der Waals surface area contributed by atoms with Gasteiger partial charge < -0.3 is 4.74 Å². The van der Waals surface area contributed by atoms with E-state index in [2.05, 4.69) is 4.74 Å². The first-order chi connectivity index (χ1) is 7.41. The number of benzene rings is 1. The molecular formula is C10H11FO4S. The van der Waals surface area contributed by atoms with Crippen molar-refractivity contribution in [3.05, 3.63) is 30.1 Å². The second-order valence-corrected chi connectivity index (χ2v) is 5.38. The number of esters is 1. The summed E-state index contributed by atoms with van der Waals surface area (Å²) in [5.41, 5.74) is 0. The fourth-order valence-corrected chi connectivity index (χ4v) is 2.50. The number of methoxy groups -OCH3 is 1. The van der Waals surface area contributed by atoms with Crippen molar-refractivity contribution in [3.63, 3.8) is 0 Å². The van der Waals surface area contributed by atoms with E-state index in [4.69, 9.17) is 0 Å². The summed E-state index contributed by atoms with van der Waals surface area (Å²) in [7, 11) is -2.95. The number of halogens is 1. The lowest BCUT2D eigenvalue weighted by molar-refractivity contribution is -0.139. The summed E-state index contributed by atoms with van der Waals surface area (Å²) in [6.07, 6.45) is 0. The molecule has 1 atom stereocenters. The topological polar surface area (TPSA) is 60.4 Å². The molecule has 0 saturated heterocycles. The minimum Gasteiger partial charge on any atom is -0.468 e. The second kappa shape index (κ2) is 4.61. The van der Waals surface area contributed by atoms with Gasteiger partial charge in [0.25, 0.3) is 0 Å². The van der Waals surface area contributed by atoms with E-state index in [1.165, 1.54) is 12.1 Å². The maximum atomic E-state index is 13.3. The highest BCUT2D eigenvalue weighted by Crippen LogP contribution is 2.19. The van der Waals surface area contributed by atoms with Gasteiger partial charge in [-0.1, -0.05) is 12.1 Å². The Morgan fingerprint density at radius 1 is 1.38 bits per heavy atom. The fourth-order valence-electron chi connectivity index (χ4n) is 1.16. The van der Waals surface area contributed by atoms with E-state index in [-0.39, 0.29) is 0 Å². The lowest BCUT2D eigenvalue weighted by atomic mass is 10.3. The molecule has 0 aliphatic carbocycles. The third-order valence-electron chi connectivity index (χ3n) is 2.14. The minimum absolute atomic E-state index is 0.493. The molecular weight excluding hydrogens is 235 g/mol. The Labute approximate surface area is 93.0 Å². The fraction of sp³-hybridized carbons (Fsp3) is 0.300. The molecule has 4 nitrogen and oxygen atoms in total. The van der Waals surface area contributed by atoms with Crippen LogP contribution in [-0.4, -0.2) is 26.7 Å². The van der Waals surface area contributed by atoms with Crippen LogP contribution in [0.2, 0.25) is 0 Å². The summed E-state index contributed by atoms with van der Waals surface area (Å²) >= 11 is 0. The molecule has 1 aromatic rings. The van der Waals surface area contributed by atoms with Crippen LogP contribution in [0.4, 0.5) is 4.39 Å². The highest BCUT2D eigenvalue weighted by molar-refractivity contribution is 7.92. The molecule has 0 amide bonds. The van der Waals surface area contributed by atoms with Crippen molar-refractivity contribution in [1.29, 1.82) is 0 Å². The standard InChI is InChI=1S/C10H11FO4S/c1-7(10(12)15-2)16(13,14)9-6-4-3-5-8(9)11/h3-7H,1-2H3. The SMILES string of the molecule is COC(=O)C(C)S(=O)(=O)c1ccccc1F. The first-order valence-electron chi connectivity index (χ1n) is 4.47. The molecule has 0 aliphatic heterocycles. The van der Waals surface area contributed by atoms with Gasteiger partial charge in [-0.05, 0) is 19.1 Å². The van der Waals surface area contributed by atoms with Crippen LogP contribution in [0.25, 0.3) is 0 Å². The molecule has 88 valence electrons. The Balaban J connectivity index is 3.23. The largest absolute Gasteiger partial charge is 0.468 e. The zero-order valence-corrected chi connectivity index (χ0v) is 9.62. The Hall–Kier alpha value is -1.43. The molecule has 0 spiro atoms. The van der Waals surface area contributed by atoms with Gasteiger partial charge in [0.15, 0.2) is 15.1 Å².